The third-order valence-corrected chi connectivity index (χ3v) is 5.46. The van der Waals surface area contributed by atoms with Crippen LogP contribution in [0, 0.1) is 0 Å². The number of hydrogen-bond donors (Lipinski definition) is 1. The fourth-order valence-corrected chi connectivity index (χ4v) is 3.67. The number of carbonyl (C=O) groups excluding carboxylic acids is 2. The number of benzene rings is 2. The molecule has 0 unspecified atom stereocenters. The SMILES string of the molecule is CCc1ccc(CCC(=O)N(Cc2cccc(Br)c2)[C@H](C)C(=O)NC(C)(C)C)cc1. The molecule has 0 bridgehead atoms. The highest BCUT2D eigenvalue weighted by molar-refractivity contribution is 9.10. The summed E-state index contributed by atoms with van der Waals surface area (Å²) in [5, 5.41) is 3.00. The number of amides is 2. The van der Waals surface area contributed by atoms with Gasteiger partial charge in [0.2, 0.25) is 11.8 Å². The van der Waals surface area contributed by atoms with Gasteiger partial charge in [-0.3, -0.25) is 9.59 Å². The molecule has 0 saturated heterocycles. The van der Waals surface area contributed by atoms with E-state index in [1.807, 2.05) is 45.0 Å². The van der Waals surface area contributed by atoms with Crippen molar-refractivity contribution in [2.45, 2.75) is 72.0 Å². The summed E-state index contributed by atoms with van der Waals surface area (Å²) < 4.78 is 0.954. The number of aryl methyl sites for hydroxylation is 2. The second kappa shape index (κ2) is 10.8. The van der Waals surface area contributed by atoms with Gasteiger partial charge in [-0.05, 0) is 69.4 Å². The molecule has 0 aliphatic rings. The summed E-state index contributed by atoms with van der Waals surface area (Å²) in [5.41, 5.74) is 3.06. The number of rotatable bonds is 8. The average Bonchev–Trinajstić information content (AvgIpc) is 2.69. The Morgan fingerprint density at radius 1 is 1.03 bits per heavy atom. The van der Waals surface area contributed by atoms with E-state index in [0.29, 0.717) is 19.4 Å². The maximum Gasteiger partial charge on any atom is 0.242 e. The second-order valence-electron chi connectivity index (χ2n) is 8.74. The average molecular weight is 473 g/mol. The van der Waals surface area contributed by atoms with Crippen LogP contribution in [0.2, 0.25) is 0 Å². The van der Waals surface area contributed by atoms with Crippen LogP contribution in [0.15, 0.2) is 53.0 Å². The quantitative estimate of drug-likeness (QED) is 0.568. The van der Waals surface area contributed by atoms with Crippen molar-refractivity contribution in [2.24, 2.45) is 0 Å². The zero-order valence-electron chi connectivity index (χ0n) is 18.7. The Kier molecular flexibility index (Phi) is 8.65. The summed E-state index contributed by atoms with van der Waals surface area (Å²) in [5.74, 6) is -0.163. The molecule has 0 saturated carbocycles. The van der Waals surface area contributed by atoms with E-state index in [4.69, 9.17) is 0 Å². The number of nitrogens with zero attached hydrogens (tertiary/aromatic N) is 1. The lowest BCUT2D eigenvalue weighted by Crippen LogP contribution is -2.52. The Bertz CT molecular complexity index is 856. The molecular formula is C25H33BrN2O2. The summed E-state index contributed by atoms with van der Waals surface area (Å²) >= 11 is 3.49. The van der Waals surface area contributed by atoms with E-state index < -0.39 is 6.04 Å². The Morgan fingerprint density at radius 3 is 2.23 bits per heavy atom. The molecule has 0 fully saturated rings. The van der Waals surface area contributed by atoms with Gasteiger partial charge in [0.05, 0.1) is 0 Å². The number of carbonyl (C=O) groups is 2. The molecule has 1 N–H and O–H groups in total. The standard InChI is InChI=1S/C25H33BrN2O2/c1-6-19-10-12-20(13-11-19)14-15-23(29)28(17-21-8-7-9-22(26)16-21)18(2)24(30)27-25(3,4)5/h7-13,16,18H,6,14-15,17H2,1-5H3,(H,27,30)/t18-/m1/s1. The minimum atomic E-state index is -0.557. The number of nitrogens with one attached hydrogen (secondary N) is 1. The molecular weight excluding hydrogens is 440 g/mol. The molecule has 2 aromatic carbocycles. The molecule has 5 heteroatoms. The topological polar surface area (TPSA) is 49.4 Å². The molecule has 30 heavy (non-hydrogen) atoms. The monoisotopic (exact) mass is 472 g/mol. The third-order valence-electron chi connectivity index (χ3n) is 4.97. The molecule has 4 nitrogen and oxygen atoms in total. The van der Waals surface area contributed by atoms with Gasteiger partial charge in [-0.15, -0.1) is 0 Å². The van der Waals surface area contributed by atoms with Crippen molar-refractivity contribution in [3.8, 4) is 0 Å². The fraction of sp³-hybridized carbons (Fsp3) is 0.440. The second-order valence-corrected chi connectivity index (χ2v) is 9.65. The fourth-order valence-electron chi connectivity index (χ4n) is 3.23. The van der Waals surface area contributed by atoms with Crippen molar-refractivity contribution in [3.63, 3.8) is 0 Å². The Labute approximate surface area is 189 Å². The van der Waals surface area contributed by atoms with Crippen LogP contribution < -0.4 is 5.32 Å². The molecule has 0 heterocycles. The first-order valence-electron chi connectivity index (χ1n) is 10.5. The molecule has 0 radical (unpaired) electrons. The van der Waals surface area contributed by atoms with E-state index in [2.05, 4.69) is 52.4 Å². The zero-order valence-corrected chi connectivity index (χ0v) is 20.3. The molecule has 162 valence electrons. The van der Waals surface area contributed by atoms with Gasteiger partial charge in [0, 0.05) is 23.0 Å². The van der Waals surface area contributed by atoms with Gasteiger partial charge in [0.15, 0.2) is 0 Å². The smallest absolute Gasteiger partial charge is 0.242 e. The molecule has 2 aromatic rings. The zero-order chi connectivity index (χ0) is 22.3. The predicted octanol–water partition coefficient (Wildman–Crippen LogP) is 5.28. The van der Waals surface area contributed by atoms with E-state index in [1.165, 1.54) is 5.56 Å². The molecule has 0 aromatic heterocycles. The van der Waals surface area contributed by atoms with Crippen LogP contribution in [-0.4, -0.2) is 28.3 Å². The van der Waals surface area contributed by atoms with Crippen molar-refractivity contribution < 1.29 is 9.59 Å². The van der Waals surface area contributed by atoms with Crippen LogP contribution in [0.25, 0.3) is 0 Å². The summed E-state index contributed by atoms with van der Waals surface area (Å²) in [4.78, 5) is 27.7. The van der Waals surface area contributed by atoms with E-state index in [-0.39, 0.29) is 17.4 Å². The summed E-state index contributed by atoms with van der Waals surface area (Å²) in [6, 6.07) is 15.7. The third kappa shape index (κ3) is 7.60. The van der Waals surface area contributed by atoms with Crippen molar-refractivity contribution in [1.29, 1.82) is 0 Å². The van der Waals surface area contributed by atoms with E-state index in [9.17, 15) is 9.59 Å². The summed E-state index contributed by atoms with van der Waals surface area (Å²) in [6.07, 6.45) is 2.03. The first-order chi connectivity index (χ1) is 14.1. The lowest BCUT2D eigenvalue weighted by Gasteiger charge is -2.31. The Morgan fingerprint density at radius 2 is 1.67 bits per heavy atom. The Hall–Kier alpha value is -2.14. The van der Waals surface area contributed by atoms with E-state index in [1.54, 1.807) is 11.8 Å². The minimum absolute atomic E-state index is 0.0221. The molecule has 1 atom stereocenters. The largest absolute Gasteiger partial charge is 0.350 e. The highest BCUT2D eigenvalue weighted by atomic mass is 79.9. The normalized spacial score (nSPS) is 12.3. The molecule has 0 aliphatic heterocycles. The Balaban J connectivity index is 2.15. The maximum atomic E-state index is 13.2. The van der Waals surface area contributed by atoms with Gasteiger partial charge in [0.25, 0.3) is 0 Å². The van der Waals surface area contributed by atoms with Crippen LogP contribution in [0.5, 0.6) is 0 Å². The van der Waals surface area contributed by atoms with Crippen molar-refractivity contribution in [3.05, 3.63) is 69.7 Å². The maximum absolute atomic E-state index is 13.2. The van der Waals surface area contributed by atoms with Crippen LogP contribution >= 0.6 is 15.9 Å². The number of halogens is 1. The highest BCUT2D eigenvalue weighted by Gasteiger charge is 2.28. The van der Waals surface area contributed by atoms with Crippen LogP contribution in [0.4, 0.5) is 0 Å². The number of hydrogen-bond acceptors (Lipinski definition) is 2. The van der Waals surface area contributed by atoms with E-state index in [0.717, 1.165) is 22.0 Å². The van der Waals surface area contributed by atoms with Crippen molar-refractivity contribution >= 4 is 27.7 Å². The first kappa shape index (κ1) is 24.1. The van der Waals surface area contributed by atoms with Gasteiger partial charge in [-0.25, -0.2) is 0 Å². The van der Waals surface area contributed by atoms with Gasteiger partial charge in [-0.2, -0.15) is 0 Å². The predicted molar refractivity (Wildman–Crippen MR) is 126 cm³/mol. The van der Waals surface area contributed by atoms with Crippen molar-refractivity contribution in [2.75, 3.05) is 0 Å². The van der Waals surface area contributed by atoms with Crippen molar-refractivity contribution in [1.82, 2.24) is 10.2 Å². The lowest BCUT2D eigenvalue weighted by molar-refractivity contribution is -0.141. The minimum Gasteiger partial charge on any atom is -0.350 e. The van der Waals surface area contributed by atoms with Gasteiger partial charge >= 0.3 is 0 Å². The first-order valence-corrected chi connectivity index (χ1v) is 11.3. The van der Waals surface area contributed by atoms with E-state index >= 15 is 0 Å². The van der Waals surface area contributed by atoms with Gasteiger partial charge in [0.1, 0.15) is 6.04 Å². The van der Waals surface area contributed by atoms with Crippen LogP contribution in [-0.2, 0) is 29.0 Å². The lowest BCUT2D eigenvalue weighted by atomic mass is 10.0. The summed E-state index contributed by atoms with van der Waals surface area (Å²) in [6.45, 7) is 10.1. The van der Waals surface area contributed by atoms with Gasteiger partial charge < -0.3 is 10.2 Å². The molecule has 0 spiro atoms. The molecule has 2 rings (SSSR count). The van der Waals surface area contributed by atoms with Crippen LogP contribution in [0.1, 0.15) is 57.7 Å². The molecule has 0 aliphatic carbocycles. The van der Waals surface area contributed by atoms with Gasteiger partial charge in [-0.1, -0.05) is 59.3 Å². The van der Waals surface area contributed by atoms with Crippen LogP contribution in [0.3, 0.4) is 0 Å². The molecule has 2 amide bonds. The highest BCUT2D eigenvalue weighted by Crippen LogP contribution is 2.17. The summed E-state index contributed by atoms with van der Waals surface area (Å²) in [7, 11) is 0.